The van der Waals surface area contributed by atoms with E-state index in [1.54, 1.807) is 0 Å². The number of carbonyl (C=O) groups is 1. The lowest BCUT2D eigenvalue weighted by Gasteiger charge is -2.31. The van der Waals surface area contributed by atoms with E-state index >= 15 is 0 Å². The van der Waals surface area contributed by atoms with Crippen molar-refractivity contribution in [3.63, 3.8) is 0 Å². The average molecular weight is 462 g/mol. The van der Waals surface area contributed by atoms with Crippen molar-refractivity contribution < 1.29 is 31.5 Å². The number of carbonyl (C=O) groups excluding carboxylic acids is 1. The summed E-state index contributed by atoms with van der Waals surface area (Å²) >= 11 is 22.9. The molecule has 0 aliphatic carbocycles. The first kappa shape index (κ1) is 23.5. The first-order chi connectivity index (χ1) is 11.6. The van der Waals surface area contributed by atoms with Crippen LogP contribution in [-0.2, 0) is 15.6 Å². The van der Waals surface area contributed by atoms with E-state index in [0.717, 1.165) is 0 Å². The van der Waals surface area contributed by atoms with Crippen LogP contribution in [0.2, 0.25) is 0 Å². The quantitative estimate of drug-likeness (QED) is 0.210. The fourth-order valence-electron chi connectivity index (χ4n) is 1.95. The van der Waals surface area contributed by atoms with E-state index in [2.05, 4.69) is 4.74 Å². The number of alkyl halides is 6. The molecule has 1 unspecified atom stereocenters. The van der Waals surface area contributed by atoms with E-state index in [0.29, 0.717) is 0 Å². The average Bonchev–Trinajstić information content (AvgIpc) is 2.41. The summed E-state index contributed by atoms with van der Waals surface area (Å²) in [6, 6.07) is 0.564. The molecule has 1 atom stereocenters. The van der Waals surface area contributed by atoms with Crippen molar-refractivity contribution in [2.45, 2.75) is 42.0 Å². The summed E-state index contributed by atoms with van der Waals surface area (Å²) in [5.41, 5.74) is -2.75. The summed E-state index contributed by atoms with van der Waals surface area (Å²) in [4.78, 5) is 11.8. The largest absolute Gasteiger partial charge is 0.431 e. The Hall–Kier alpha value is -0.500. The topological polar surface area (TPSA) is 26.3 Å². The van der Waals surface area contributed by atoms with Gasteiger partial charge in [0.25, 0.3) is 0 Å². The highest BCUT2D eigenvalue weighted by Gasteiger charge is 2.43. The van der Waals surface area contributed by atoms with Gasteiger partial charge in [0.1, 0.15) is 5.56 Å². The minimum atomic E-state index is -4.52. The first-order valence-corrected chi connectivity index (χ1v) is 8.58. The molecule has 0 N–H and O–H groups in total. The number of esters is 1. The molecule has 2 nitrogen and oxygen atoms in total. The van der Waals surface area contributed by atoms with Gasteiger partial charge in [0.05, 0.1) is 6.42 Å². The van der Waals surface area contributed by atoms with Gasteiger partial charge in [0.15, 0.2) is 21.2 Å². The molecule has 148 valence electrons. The SMILES string of the molecule is CC(C)(CC(=O)OC(F)(F)c1ccc(F)c(F)c1F)C(Cl)CC(Cl)(Cl)Cl. The highest BCUT2D eigenvalue weighted by atomic mass is 35.6. The Labute approximate surface area is 166 Å². The van der Waals surface area contributed by atoms with Crippen LogP contribution in [0.5, 0.6) is 0 Å². The Morgan fingerprint density at radius 2 is 1.65 bits per heavy atom. The van der Waals surface area contributed by atoms with Gasteiger partial charge in [0, 0.05) is 11.8 Å². The maximum Gasteiger partial charge on any atom is 0.431 e. The molecule has 0 aromatic heterocycles. The van der Waals surface area contributed by atoms with Crippen molar-refractivity contribution in [2.24, 2.45) is 5.41 Å². The van der Waals surface area contributed by atoms with Crippen LogP contribution in [0.4, 0.5) is 22.0 Å². The van der Waals surface area contributed by atoms with Crippen LogP contribution in [0, 0.1) is 22.9 Å². The Morgan fingerprint density at radius 1 is 1.12 bits per heavy atom. The second-order valence-corrected chi connectivity index (χ2v) is 9.21. The van der Waals surface area contributed by atoms with Crippen LogP contribution in [0.15, 0.2) is 12.1 Å². The lowest BCUT2D eigenvalue weighted by atomic mass is 9.84. The van der Waals surface area contributed by atoms with Gasteiger partial charge < -0.3 is 4.74 Å². The van der Waals surface area contributed by atoms with Gasteiger partial charge >= 0.3 is 12.1 Å². The number of benzene rings is 1. The maximum absolute atomic E-state index is 14.0. The molecule has 0 saturated heterocycles. The number of ether oxygens (including phenoxy) is 1. The maximum atomic E-state index is 14.0. The molecule has 1 aromatic carbocycles. The Bertz CT molecular complexity index is 677. The molecular formula is C15H13Cl4F5O2. The van der Waals surface area contributed by atoms with Crippen molar-refractivity contribution in [1.29, 1.82) is 0 Å². The second-order valence-electron chi connectivity index (χ2n) is 6.17. The van der Waals surface area contributed by atoms with Crippen LogP contribution in [0.25, 0.3) is 0 Å². The summed E-state index contributed by atoms with van der Waals surface area (Å²) in [6.45, 7) is 2.89. The normalized spacial score (nSPS) is 14.3. The zero-order valence-corrected chi connectivity index (χ0v) is 16.4. The molecule has 0 bridgehead atoms. The van der Waals surface area contributed by atoms with Gasteiger partial charge in [-0.05, 0) is 17.5 Å². The zero-order chi connectivity index (χ0) is 20.5. The molecule has 0 radical (unpaired) electrons. The summed E-state index contributed by atoms with van der Waals surface area (Å²) < 4.78 is 69.6. The van der Waals surface area contributed by atoms with E-state index < -0.39 is 56.1 Å². The van der Waals surface area contributed by atoms with Crippen LogP contribution >= 0.6 is 46.4 Å². The van der Waals surface area contributed by atoms with Crippen LogP contribution in [-0.4, -0.2) is 15.1 Å². The Kier molecular flexibility index (Phi) is 7.47. The molecule has 0 heterocycles. The predicted octanol–water partition coefficient (Wildman–Crippen LogP) is 6.48. The van der Waals surface area contributed by atoms with Crippen molar-refractivity contribution in [2.75, 3.05) is 0 Å². The minimum Gasteiger partial charge on any atom is -0.397 e. The third-order valence-corrected chi connectivity index (χ3v) is 4.66. The fourth-order valence-corrected chi connectivity index (χ4v) is 2.96. The van der Waals surface area contributed by atoms with Gasteiger partial charge in [-0.15, -0.1) is 11.6 Å². The predicted molar refractivity (Wildman–Crippen MR) is 89.2 cm³/mol. The van der Waals surface area contributed by atoms with Gasteiger partial charge in [-0.2, -0.15) is 8.78 Å². The Morgan fingerprint density at radius 3 is 2.15 bits per heavy atom. The summed E-state index contributed by atoms with van der Waals surface area (Å²) in [5, 5.41) is -0.906. The molecule has 11 heteroatoms. The van der Waals surface area contributed by atoms with Crippen LogP contribution in [0.3, 0.4) is 0 Å². The molecule has 0 fully saturated rings. The van der Waals surface area contributed by atoms with Crippen molar-refractivity contribution in [3.05, 3.63) is 35.1 Å². The smallest absolute Gasteiger partial charge is 0.397 e. The standard InChI is InChI=1S/C15H13Cl4F5O2/c1-13(2,9(16)5-14(17,18)19)6-10(25)26-15(23,24)7-3-4-8(20)12(22)11(7)21/h3-4,9H,5-6H2,1-2H3. The highest BCUT2D eigenvalue weighted by molar-refractivity contribution is 6.67. The molecule has 0 aliphatic heterocycles. The zero-order valence-electron chi connectivity index (χ0n) is 13.4. The lowest BCUT2D eigenvalue weighted by Crippen LogP contribution is -2.33. The van der Waals surface area contributed by atoms with E-state index in [4.69, 9.17) is 46.4 Å². The van der Waals surface area contributed by atoms with Crippen molar-refractivity contribution in [1.82, 2.24) is 0 Å². The van der Waals surface area contributed by atoms with E-state index in [-0.39, 0.29) is 18.6 Å². The molecular weight excluding hydrogens is 449 g/mol. The minimum absolute atomic E-state index is 0.187. The molecule has 0 saturated carbocycles. The van der Waals surface area contributed by atoms with Gasteiger partial charge in [-0.25, -0.2) is 13.2 Å². The summed E-state index contributed by atoms with van der Waals surface area (Å²) in [7, 11) is 0. The van der Waals surface area contributed by atoms with Crippen molar-refractivity contribution in [3.8, 4) is 0 Å². The van der Waals surface area contributed by atoms with Crippen LogP contribution in [0.1, 0.15) is 32.3 Å². The molecule has 0 aliphatic rings. The molecule has 0 amide bonds. The van der Waals surface area contributed by atoms with E-state index in [1.807, 2.05) is 0 Å². The van der Waals surface area contributed by atoms with Gasteiger partial charge in [-0.1, -0.05) is 48.7 Å². The van der Waals surface area contributed by atoms with Crippen molar-refractivity contribution >= 4 is 52.4 Å². The number of hydrogen-bond acceptors (Lipinski definition) is 2. The van der Waals surface area contributed by atoms with Crippen LogP contribution < -0.4 is 0 Å². The van der Waals surface area contributed by atoms with Gasteiger partial charge in [0.2, 0.25) is 0 Å². The Balaban J connectivity index is 2.91. The second kappa shape index (κ2) is 8.25. The number of halogens is 9. The molecule has 1 aromatic rings. The number of rotatable bonds is 6. The molecule has 1 rings (SSSR count). The van der Waals surface area contributed by atoms with E-state index in [1.165, 1.54) is 13.8 Å². The monoisotopic (exact) mass is 460 g/mol. The van der Waals surface area contributed by atoms with Gasteiger partial charge in [-0.3, -0.25) is 4.79 Å². The third-order valence-electron chi connectivity index (χ3n) is 3.45. The summed E-state index contributed by atoms with van der Waals surface area (Å²) in [5.74, 6) is -7.39. The third kappa shape index (κ3) is 6.29. The lowest BCUT2D eigenvalue weighted by molar-refractivity contribution is -0.243. The first-order valence-electron chi connectivity index (χ1n) is 7.01. The highest BCUT2D eigenvalue weighted by Crippen LogP contribution is 2.42. The fraction of sp³-hybridized carbons (Fsp3) is 0.533. The summed E-state index contributed by atoms with van der Waals surface area (Å²) in [6.07, 6.45) is -5.35. The van der Waals surface area contributed by atoms with E-state index in [9.17, 15) is 26.7 Å². The molecule has 0 spiro atoms. The number of hydrogen-bond donors (Lipinski definition) is 0. The molecule has 26 heavy (non-hydrogen) atoms.